The molecule has 1 aromatic heterocycles. The second-order valence-corrected chi connectivity index (χ2v) is 7.42. The van der Waals surface area contributed by atoms with Gasteiger partial charge in [0.05, 0.1) is 16.9 Å². The number of H-pyrrole nitrogens is 1. The van der Waals surface area contributed by atoms with Gasteiger partial charge >= 0.3 is 0 Å². The predicted octanol–water partition coefficient (Wildman–Crippen LogP) is 3.68. The van der Waals surface area contributed by atoms with Crippen LogP contribution in [0.25, 0.3) is 10.9 Å². The van der Waals surface area contributed by atoms with E-state index in [1.807, 2.05) is 11.8 Å². The summed E-state index contributed by atoms with van der Waals surface area (Å²) in [5.74, 6) is -1.52. The minimum absolute atomic E-state index is 0.00106. The van der Waals surface area contributed by atoms with Crippen LogP contribution in [-0.4, -0.2) is 47.9 Å². The standard InChI is InChI=1S/C22H22F2N4O2/c1-13-6-7-16(23)15-12-18(25-21(13)15)22(30)26-17-4-3-5-19(20(17)24)28-10-8-27(9-11-28)14(2)29/h3-7,12,25H,8-11H2,1-2H3,(H,26,30). The molecule has 8 heteroatoms. The van der Waals surface area contributed by atoms with Crippen LogP contribution in [0.3, 0.4) is 0 Å². The first-order valence-corrected chi connectivity index (χ1v) is 9.73. The predicted molar refractivity (Wildman–Crippen MR) is 112 cm³/mol. The van der Waals surface area contributed by atoms with Crippen LogP contribution in [0.4, 0.5) is 20.2 Å². The van der Waals surface area contributed by atoms with E-state index in [-0.39, 0.29) is 17.3 Å². The average Bonchev–Trinajstić information content (AvgIpc) is 3.19. The molecular weight excluding hydrogens is 390 g/mol. The Labute approximate surface area is 172 Å². The van der Waals surface area contributed by atoms with E-state index in [1.54, 1.807) is 23.1 Å². The summed E-state index contributed by atoms with van der Waals surface area (Å²) in [6, 6.07) is 9.20. The number of aryl methyl sites for hydroxylation is 1. The van der Waals surface area contributed by atoms with Crippen molar-refractivity contribution in [2.24, 2.45) is 0 Å². The molecular formula is C22H22F2N4O2. The number of nitrogens with zero attached hydrogens (tertiary/aromatic N) is 2. The Hall–Kier alpha value is -3.42. The monoisotopic (exact) mass is 412 g/mol. The minimum atomic E-state index is -0.553. The maximum absolute atomic E-state index is 15.1. The summed E-state index contributed by atoms with van der Waals surface area (Å²) in [6.45, 7) is 5.39. The van der Waals surface area contributed by atoms with E-state index < -0.39 is 17.5 Å². The Bertz CT molecular complexity index is 1090. The molecule has 6 nitrogen and oxygen atoms in total. The number of fused-ring (bicyclic) bond motifs is 1. The van der Waals surface area contributed by atoms with Crippen LogP contribution in [0.1, 0.15) is 23.0 Å². The molecule has 0 spiro atoms. The molecule has 3 aromatic rings. The molecule has 2 amide bonds. The van der Waals surface area contributed by atoms with Gasteiger partial charge < -0.3 is 20.1 Å². The van der Waals surface area contributed by atoms with E-state index in [0.29, 0.717) is 42.8 Å². The van der Waals surface area contributed by atoms with E-state index in [0.717, 1.165) is 5.56 Å². The van der Waals surface area contributed by atoms with Crippen molar-refractivity contribution in [1.82, 2.24) is 9.88 Å². The summed E-state index contributed by atoms with van der Waals surface area (Å²) in [5.41, 5.74) is 1.91. The first kappa shape index (κ1) is 19.9. The quantitative estimate of drug-likeness (QED) is 0.690. The molecule has 1 aliphatic rings. The summed E-state index contributed by atoms with van der Waals surface area (Å²) in [7, 11) is 0. The number of nitrogens with one attached hydrogen (secondary N) is 2. The van der Waals surface area contributed by atoms with Crippen molar-refractivity contribution in [3.05, 3.63) is 59.3 Å². The van der Waals surface area contributed by atoms with Crippen molar-refractivity contribution < 1.29 is 18.4 Å². The lowest BCUT2D eigenvalue weighted by Gasteiger charge is -2.36. The SMILES string of the molecule is CC(=O)N1CCN(c2cccc(NC(=O)c3cc4c(F)ccc(C)c4[nH]3)c2F)CC1. The van der Waals surface area contributed by atoms with Crippen LogP contribution in [0, 0.1) is 18.6 Å². The highest BCUT2D eigenvalue weighted by atomic mass is 19.1. The Morgan fingerprint density at radius 2 is 1.80 bits per heavy atom. The summed E-state index contributed by atoms with van der Waals surface area (Å²) in [5, 5.41) is 2.89. The number of aromatic nitrogens is 1. The molecule has 4 rings (SSSR count). The minimum Gasteiger partial charge on any atom is -0.366 e. The van der Waals surface area contributed by atoms with Crippen LogP contribution < -0.4 is 10.2 Å². The third-order valence-electron chi connectivity index (χ3n) is 5.49. The zero-order valence-electron chi connectivity index (χ0n) is 16.8. The zero-order chi connectivity index (χ0) is 21.4. The second kappa shape index (κ2) is 7.78. The van der Waals surface area contributed by atoms with Crippen molar-refractivity contribution in [3.8, 4) is 0 Å². The van der Waals surface area contributed by atoms with Crippen molar-refractivity contribution in [3.63, 3.8) is 0 Å². The fourth-order valence-electron chi connectivity index (χ4n) is 3.76. The molecule has 1 fully saturated rings. The normalized spacial score (nSPS) is 14.3. The number of halogens is 2. The number of carbonyl (C=O) groups is 2. The van der Waals surface area contributed by atoms with Crippen LogP contribution in [0.15, 0.2) is 36.4 Å². The van der Waals surface area contributed by atoms with Crippen LogP contribution in [-0.2, 0) is 4.79 Å². The van der Waals surface area contributed by atoms with Gasteiger partial charge in [0, 0.05) is 38.5 Å². The number of benzene rings is 2. The summed E-state index contributed by atoms with van der Waals surface area (Å²) in [4.78, 5) is 30.6. The molecule has 0 bridgehead atoms. The van der Waals surface area contributed by atoms with E-state index in [1.165, 1.54) is 25.1 Å². The number of hydrogen-bond donors (Lipinski definition) is 2. The van der Waals surface area contributed by atoms with Gasteiger partial charge in [-0.2, -0.15) is 0 Å². The third-order valence-corrected chi connectivity index (χ3v) is 5.49. The van der Waals surface area contributed by atoms with E-state index in [2.05, 4.69) is 10.3 Å². The summed E-state index contributed by atoms with van der Waals surface area (Å²) < 4.78 is 29.1. The van der Waals surface area contributed by atoms with Gasteiger partial charge in [0.25, 0.3) is 5.91 Å². The number of carbonyl (C=O) groups excluding carboxylic acids is 2. The molecule has 30 heavy (non-hydrogen) atoms. The fraction of sp³-hybridized carbons (Fsp3) is 0.273. The lowest BCUT2D eigenvalue weighted by molar-refractivity contribution is -0.129. The molecule has 0 saturated carbocycles. The Balaban J connectivity index is 1.55. The van der Waals surface area contributed by atoms with E-state index in [4.69, 9.17) is 0 Å². The topological polar surface area (TPSA) is 68.4 Å². The second-order valence-electron chi connectivity index (χ2n) is 7.42. The molecule has 0 radical (unpaired) electrons. The first-order valence-electron chi connectivity index (χ1n) is 9.73. The average molecular weight is 412 g/mol. The maximum atomic E-state index is 15.1. The fourth-order valence-corrected chi connectivity index (χ4v) is 3.76. The lowest BCUT2D eigenvalue weighted by atomic mass is 10.1. The van der Waals surface area contributed by atoms with Gasteiger partial charge in [-0.15, -0.1) is 0 Å². The van der Waals surface area contributed by atoms with Gasteiger partial charge in [-0.25, -0.2) is 8.78 Å². The van der Waals surface area contributed by atoms with Gasteiger partial charge in [0.15, 0.2) is 5.82 Å². The first-order chi connectivity index (χ1) is 14.3. The number of hydrogen-bond acceptors (Lipinski definition) is 3. The van der Waals surface area contributed by atoms with E-state index in [9.17, 15) is 14.0 Å². The summed E-state index contributed by atoms with van der Waals surface area (Å²) >= 11 is 0. The number of rotatable bonds is 3. The smallest absolute Gasteiger partial charge is 0.272 e. The van der Waals surface area contributed by atoms with Crippen LogP contribution in [0.2, 0.25) is 0 Å². The van der Waals surface area contributed by atoms with Crippen molar-refractivity contribution >= 4 is 34.1 Å². The van der Waals surface area contributed by atoms with Crippen molar-refractivity contribution in [1.29, 1.82) is 0 Å². The van der Waals surface area contributed by atoms with Crippen molar-refractivity contribution in [2.45, 2.75) is 13.8 Å². The maximum Gasteiger partial charge on any atom is 0.272 e. The molecule has 2 N–H and O–H groups in total. The Morgan fingerprint density at radius 3 is 2.47 bits per heavy atom. The van der Waals surface area contributed by atoms with Crippen molar-refractivity contribution in [2.75, 3.05) is 36.4 Å². The third kappa shape index (κ3) is 3.60. The number of piperazine rings is 1. The zero-order valence-corrected chi connectivity index (χ0v) is 16.8. The molecule has 1 saturated heterocycles. The lowest BCUT2D eigenvalue weighted by Crippen LogP contribution is -2.48. The molecule has 0 unspecified atom stereocenters. The van der Waals surface area contributed by atoms with Gasteiger partial charge in [-0.05, 0) is 36.8 Å². The molecule has 1 aliphatic heterocycles. The number of anilines is 2. The molecule has 2 aromatic carbocycles. The van der Waals surface area contributed by atoms with Gasteiger partial charge in [-0.1, -0.05) is 12.1 Å². The Kier molecular flexibility index (Phi) is 5.15. The highest BCUT2D eigenvalue weighted by molar-refractivity contribution is 6.06. The molecule has 0 aliphatic carbocycles. The highest BCUT2D eigenvalue weighted by Gasteiger charge is 2.23. The molecule has 0 atom stereocenters. The van der Waals surface area contributed by atoms with Gasteiger partial charge in [0.2, 0.25) is 5.91 Å². The highest BCUT2D eigenvalue weighted by Crippen LogP contribution is 2.28. The molecule has 2 heterocycles. The van der Waals surface area contributed by atoms with Crippen LogP contribution >= 0.6 is 0 Å². The van der Waals surface area contributed by atoms with Gasteiger partial charge in [0.1, 0.15) is 11.5 Å². The van der Waals surface area contributed by atoms with E-state index >= 15 is 4.39 Å². The summed E-state index contributed by atoms with van der Waals surface area (Å²) in [6.07, 6.45) is 0. The molecule has 156 valence electrons. The van der Waals surface area contributed by atoms with Gasteiger partial charge in [-0.3, -0.25) is 9.59 Å². The van der Waals surface area contributed by atoms with Crippen LogP contribution in [0.5, 0.6) is 0 Å². The number of aromatic amines is 1. The number of amides is 2. The Morgan fingerprint density at radius 1 is 1.07 bits per heavy atom. The largest absolute Gasteiger partial charge is 0.366 e.